The lowest BCUT2D eigenvalue weighted by atomic mass is 9.93. The number of nitriles is 2. The maximum atomic E-state index is 11.1. The summed E-state index contributed by atoms with van der Waals surface area (Å²) in [6.07, 6.45) is 0. The lowest BCUT2D eigenvalue weighted by Gasteiger charge is -2.22. The summed E-state index contributed by atoms with van der Waals surface area (Å²) >= 11 is 0. The van der Waals surface area contributed by atoms with Gasteiger partial charge < -0.3 is 9.13 Å². The molecule has 14 rings (SSSR count). The van der Waals surface area contributed by atoms with Crippen molar-refractivity contribution in [2.45, 2.75) is 6.92 Å². The maximum Gasteiger partial charge on any atom is 0.164 e. The van der Waals surface area contributed by atoms with Crippen LogP contribution < -0.4 is 0 Å². The van der Waals surface area contributed by atoms with E-state index >= 15 is 0 Å². The first-order chi connectivity index (χ1) is 39.0. The van der Waals surface area contributed by atoms with Crippen LogP contribution in [0.1, 0.15) is 16.7 Å². The van der Waals surface area contributed by atoms with Crippen molar-refractivity contribution in [2.75, 3.05) is 0 Å². The van der Waals surface area contributed by atoms with Crippen LogP contribution in [-0.2, 0) is 0 Å². The number of aryl methyl sites for hydroxylation is 1. The molecule has 0 N–H and O–H groups in total. The largest absolute Gasteiger partial charge is 0.308 e. The third-order valence-electron chi connectivity index (χ3n) is 14.6. The van der Waals surface area contributed by atoms with Gasteiger partial charge in [0.15, 0.2) is 34.9 Å². The van der Waals surface area contributed by atoms with Crippen LogP contribution in [-0.4, -0.2) is 39.0 Å². The van der Waals surface area contributed by atoms with Crippen LogP contribution in [0.2, 0.25) is 0 Å². The van der Waals surface area contributed by atoms with Gasteiger partial charge in [-0.1, -0.05) is 164 Å². The van der Waals surface area contributed by atoms with Gasteiger partial charge in [-0.25, -0.2) is 29.9 Å². The molecule has 0 radical (unpaired) electrons. The van der Waals surface area contributed by atoms with Crippen LogP contribution in [0.15, 0.2) is 237 Å². The number of benzene rings is 10. The Labute approximate surface area is 454 Å². The lowest BCUT2D eigenvalue weighted by Crippen LogP contribution is -2.06. The monoisotopic (exact) mass is 1010 g/mol. The summed E-state index contributed by atoms with van der Waals surface area (Å²) < 4.78 is 4.54. The van der Waals surface area contributed by atoms with E-state index in [4.69, 9.17) is 29.9 Å². The number of fused-ring (bicyclic) bond motifs is 6. The molecule has 0 saturated heterocycles. The molecule has 0 aliphatic carbocycles. The molecule has 14 aromatic rings. The van der Waals surface area contributed by atoms with E-state index in [9.17, 15) is 10.5 Å². The third-order valence-corrected chi connectivity index (χ3v) is 14.6. The van der Waals surface area contributed by atoms with Crippen LogP contribution in [0, 0.1) is 29.6 Å². The van der Waals surface area contributed by atoms with Gasteiger partial charge in [0.2, 0.25) is 0 Å². The van der Waals surface area contributed by atoms with Crippen molar-refractivity contribution < 1.29 is 0 Å². The summed E-state index contributed by atoms with van der Waals surface area (Å²) in [5.74, 6) is 3.42. The van der Waals surface area contributed by atoms with E-state index in [2.05, 4.69) is 94.1 Å². The molecule has 0 atom stereocenters. The number of para-hydroxylation sites is 2. The van der Waals surface area contributed by atoms with Gasteiger partial charge in [-0.05, 0) is 90.8 Å². The zero-order valence-corrected chi connectivity index (χ0v) is 42.5. The summed E-state index contributed by atoms with van der Waals surface area (Å²) in [7, 11) is 0. The van der Waals surface area contributed by atoms with Crippen molar-refractivity contribution in [1.82, 2.24) is 39.0 Å². The second kappa shape index (κ2) is 19.2. The Morgan fingerprint density at radius 3 is 1.01 bits per heavy atom. The average Bonchev–Trinajstić information content (AvgIpc) is 4.21. The number of hydrogen-bond donors (Lipinski definition) is 0. The number of hydrogen-bond acceptors (Lipinski definition) is 8. The van der Waals surface area contributed by atoms with Crippen molar-refractivity contribution >= 4 is 43.6 Å². The Hall–Kier alpha value is -11.2. The van der Waals surface area contributed by atoms with E-state index in [1.54, 1.807) is 0 Å². The van der Waals surface area contributed by atoms with Crippen LogP contribution in [0.25, 0.3) is 134 Å². The lowest BCUT2D eigenvalue weighted by molar-refractivity contribution is 1.07. The summed E-state index contributed by atoms with van der Waals surface area (Å²) in [6, 6.07) is 84.1. The summed E-state index contributed by atoms with van der Waals surface area (Å²) in [4.78, 5) is 30.3. The molecule has 0 unspecified atom stereocenters. The minimum atomic E-state index is 0.476. The highest BCUT2D eigenvalue weighted by atomic mass is 15.1. The fourth-order valence-electron chi connectivity index (χ4n) is 10.9. The molecule has 0 fully saturated rings. The van der Waals surface area contributed by atoms with Gasteiger partial charge in [0, 0.05) is 60.5 Å². The second-order valence-electron chi connectivity index (χ2n) is 19.4. The van der Waals surface area contributed by atoms with Gasteiger partial charge in [-0.2, -0.15) is 10.5 Å². The van der Waals surface area contributed by atoms with Gasteiger partial charge in [-0.15, -0.1) is 0 Å². The molecule has 4 aromatic heterocycles. The molecule has 79 heavy (non-hydrogen) atoms. The van der Waals surface area contributed by atoms with E-state index < -0.39 is 0 Å². The Morgan fingerprint density at radius 1 is 0.304 bits per heavy atom. The second-order valence-corrected chi connectivity index (χ2v) is 19.4. The molecule has 10 nitrogen and oxygen atoms in total. The maximum absolute atomic E-state index is 11.1. The molecule has 0 spiro atoms. The summed E-state index contributed by atoms with van der Waals surface area (Å²) in [5.41, 5.74) is 14.3. The molecular weight excluding hydrogens is 969 g/mol. The Balaban J connectivity index is 1.01. The van der Waals surface area contributed by atoms with Crippen LogP contribution in [0.4, 0.5) is 0 Å². The van der Waals surface area contributed by atoms with Gasteiger partial charge >= 0.3 is 0 Å². The summed E-state index contributed by atoms with van der Waals surface area (Å²) in [6.45, 7) is 2.04. The highest BCUT2D eigenvalue weighted by molar-refractivity contribution is 6.13. The van der Waals surface area contributed by atoms with E-state index in [0.29, 0.717) is 46.1 Å². The van der Waals surface area contributed by atoms with E-state index in [1.165, 1.54) is 0 Å². The van der Waals surface area contributed by atoms with E-state index in [0.717, 1.165) is 105 Å². The number of rotatable bonds is 9. The fourth-order valence-corrected chi connectivity index (χ4v) is 10.9. The van der Waals surface area contributed by atoms with Gasteiger partial charge in [-0.3, -0.25) is 0 Å². The highest BCUT2D eigenvalue weighted by Crippen LogP contribution is 2.45. The van der Waals surface area contributed by atoms with Crippen LogP contribution in [0.3, 0.4) is 0 Å². The topological polar surface area (TPSA) is 135 Å². The first-order valence-corrected chi connectivity index (χ1v) is 25.9. The van der Waals surface area contributed by atoms with Gasteiger partial charge in [0.1, 0.15) is 0 Å². The van der Waals surface area contributed by atoms with Gasteiger partial charge in [0.05, 0.1) is 56.7 Å². The Morgan fingerprint density at radius 2 is 0.646 bits per heavy atom. The molecule has 0 saturated carbocycles. The first kappa shape index (κ1) is 46.3. The van der Waals surface area contributed by atoms with Crippen molar-refractivity contribution in [1.29, 1.82) is 10.5 Å². The molecule has 4 heterocycles. The predicted octanol–water partition coefficient (Wildman–Crippen LogP) is 16.0. The molecule has 10 aromatic carbocycles. The van der Waals surface area contributed by atoms with Crippen molar-refractivity contribution in [3.8, 4) is 103 Å². The molecule has 0 aliphatic rings. The van der Waals surface area contributed by atoms with Crippen molar-refractivity contribution in [3.05, 3.63) is 253 Å². The van der Waals surface area contributed by atoms with Crippen LogP contribution >= 0.6 is 0 Å². The smallest absolute Gasteiger partial charge is 0.164 e. The predicted molar refractivity (Wildman–Crippen MR) is 314 cm³/mol. The Kier molecular flexibility index (Phi) is 11.3. The molecule has 0 amide bonds. The number of nitrogens with zero attached hydrogens (tertiary/aromatic N) is 10. The summed E-state index contributed by atoms with van der Waals surface area (Å²) in [5, 5.41) is 25.3. The molecule has 368 valence electrons. The quantitative estimate of drug-likeness (QED) is 0.139. The third kappa shape index (κ3) is 8.13. The molecule has 0 bridgehead atoms. The van der Waals surface area contributed by atoms with Crippen LogP contribution in [0.5, 0.6) is 0 Å². The Bertz CT molecular complexity index is 4420. The average molecular weight is 1010 g/mol. The normalized spacial score (nSPS) is 11.3. The van der Waals surface area contributed by atoms with Crippen molar-refractivity contribution in [2.24, 2.45) is 0 Å². The minimum absolute atomic E-state index is 0.476. The minimum Gasteiger partial charge on any atom is -0.308 e. The fraction of sp³-hybridized carbons (Fsp3) is 0.0145. The zero-order valence-electron chi connectivity index (χ0n) is 42.5. The van der Waals surface area contributed by atoms with Crippen molar-refractivity contribution in [3.63, 3.8) is 0 Å². The molecule has 10 heteroatoms. The number of aromatic nitrogens is 8. The first-order valence-electron chi connectivity index (χ1n) is 25.9. The van der Waals surface area contributed by atoms with Gasteiger partial charge in [0.25, 0.3) is 0 Å². The molecule has 0 aliphatic heterocycles. The molecular formula is C69H42N10. The van der Waals surface area contributed by atoms with E-state index in [1.807, 2.05) is 171 Å². The SMILES string of the molecule is Cc1cc(C#N)ccc1-c1c(-n2c3ccccc3c3cc(-c4nc(-c5ccccc5)nc(-c5ccccc5)n4)ccc32)cc(C#N)cc1-n1c2ccccc2c2cc(-c3nc(-c4ccccc4)nc(-c4ccccc4)n3)ccc21. The standard InChI is InChI=1S/C69H42N10/c1-43-36-44(41-70)30-33-52(43)63-61(78-57-28-16-14-26-53(57)55-39-50(31-34-59(55)78)68-74-64(46-18-6-2-7-19-46)72-65(75-68)47-20-8-3-9-21-47)37-45(42-71)38-62(63)79-58-29-17-15-27-54(58)56-40-51(32-35-60(56)79)69-76-66(48-22-10-4-11-23-48)73-67(77-69)49-24-12-5-13-25-49/h2-40H,1H3. The van der Waals surface area contributed by atoms with E-state index in [-0.39, 0.29) is 0 Å². The zero-order chi connectivity index (χ0) is 53.0. The highest BCUT2D eigenvalue weighted by Gasteiger charge is 2.26.